The lowest BCUT2D eigenvalue weighted by molar-refractivity contribution is -0.124. The summed E-state index contributed by atoms with van der Waals surface area (Å²) in [5.41, 5.74) is 7.11. The summed E-state index contributed by atoms with van der Waals surface area (Å²) in [5, 5.41) is 20.9. The van der Waals surface area contributed by atoms with Crippen molar-refractivity contribution in [2.75, 3.05) is 18.4 Å². The molecule has 7 N–H and O–H groups in total. The van der Waals surface area contributed by atoms with Crippen molar-refractivity contribution in [1.82, 2.24) is 16.0 Å². The Morgan fingerprint density at radius 3 is 2.35 bits per heavy atom. The highest BCUT2D eigenvalue weighted by molar-refractivity contribution is 5.86. The number of rotatable bonds is 12. The second kappa shape index (κ2) is 13.6. The van der Waals surface area contributed by atoms with Crippen LogP contribution in [0.1, 0.15) is 58.6 Å². The van der Waals surface area contributed by atoms with Crippen LogP contribution in [0.15, 0.2) is 18.2 Å². The molecule has 192 valence electrons. The van der Waals surface area contributed by atoms with E-state index in [9.17, 15) is 19.5 Å². The molecule has 2 atom stereocenters. The molecule has 1 rings (SSSR count). The number of aliphatic hydroxyl groups is 1. The summed E-state index contributed by atoms with van der Waals surface area (Å²) in [7, 11) is 0. The van der Waals surface area contributed by atoms with Crippen molar-refractivity contribution in [1.29, 1.82) is 0 Å². The summed E-state index contributed by atoms with van der Waals surface area (Å²) >= 11 is 0. The number of alkyl carbamates (subject to hydrolysis) is 1. The molecule has 0 aliphatic carbocycles. The third-order valence-electron chi connectivity index (χ3n) is 5.06. The van der Waals surface area contributed by atoms with Crippen LogP contribution in [0.2, 0.25) is 0 Å². The standard InChI is InChI=1S/C24H41N5O5/c1-15(2)20(29-23(33)34-24(4,5)6)21(31)28-19(8-7-11-26-22(25)32)13-27-18-10-9-17(14-30)16(3)12-18/h9-10,12,15,19-20,27,30H,7-8,11,13-14H2,1-6H3,(H,28,31)(H,29,33)(H3,25,26,32)/t19-,20-/m0/s1. The van der Waals surface area contributed by atoms with Crippen LogP contribution in [0, 0.1) is 12.8 Å². The Kier molecular flexibility index (Phi) is 11.6. The van der Waals surface area contributed by atoms with Gasteiger partial charge in [-0.1, -0.05) is 19.9 Å². The Hall–Kier alpha value is -3.01. The molecule has 0 fully saturated rings. The molecule has 0 saturated heterocycles. The average molecular weight is 480 g/mol. The first-order valence-corrected chi connectivity index (χ1v) is 11.6. The molecular weight excluding hydrogens is 438 g/mol. The smallest absolute Gasteiger partial charge is 0.408 e. The van der Waals surface area contributed by atoms with E-state index in [1.165, 1.54) is 0 Å². The SMILES string of the molecule is Cc1cc(NC[C@H](CCCNC(N)=O)NC(=O)[C@@H](NC(=O)OC(C)(C)C)C(C)C)ccc1CO. The van der Waals surface area contributed by atoms with E-state index in [-0.39, 0.29) is 24.5 Å². The molecule has 0 heterocycles. The van der Waals surface area contributed by atoms with Crippen LogP contribution in [0.25, 0.3) is 0 Å². The number of nitrogens with one attached hydrogen (secondary N) is 4. The van der Waals surface area contributed by atoms with Crippen molar-refractivity contribution in [3.05, 3.63) is 29.3 Å². The van der Waals surface area contributed by atoms with Crippen molar-refractivity contribution in [3.8, 4) is 0 Å². The molecule has 0 aliphatic heterocycles. The second-order valence-corrected chi connectivity index (χ2v) is 9.69. The molecule has 10 heteroatoms. The van der Waals surface area contributed by atoms with E-state index in [4.69, 9.17) is 10.5 Å². The third kappa shape index (κ3) is 11.2. The number of amides is 4. The first-order chi connectivity index (χ1) is 15.8. The number of anilines is 1. The lowest BCUT2D eigenvalue weighted by Crippen LogP contribution is -2.54. The predicted molar refractivity (Wildman–Crippen MR) is 132 cm³/mol. The molecule has 0 spiro atoms. The van der Waals surface area contributed by atoms with Crippen molar-refractivity contribution in [2.45, 2.75) is 78.7 Å². The zero-order chi connectivity index (χ0) is 25.9. The molecule has 0 aromatic heterocycles. The monoisotopic (exact) mass is 479 g/mol. The number of carbonyl (C=O) groups is 3. The third-order valence-corrected chi connectivity index (χ3v) is 5.06. The van der Waals surface area contributed by atoms with E-state index >= 15 is 0 Å². The summed E-state index contributed by atoms with van der Waals surface area (Å²) in [6.45, 7) is 11.7. The summed E-state index contributed by atoms with van der Waals surface area (Å²) in [4.78, 5) is 36.2. The van der Waals surface area contributed by atoms with Gasteiger partial charge in [0.25, 0.3) is 0 Å². The van der Waals surface area contributed by atoms with E-state index < -0.39 is 23.8 Å². The van der Waals surface area contributed by atoms with Gasteiger partial charge >= 0.3 is 12.1 Å². The Morgan fingerprint density at radius 1 is 1.15 bits per heavy atom. The van der Waals surface area contributed by atoms with Gasteiger partial charge in [-0.25, -0.2) is 9.59 Å². The fourth-order valence-electron chi connectivity index (χ4n) is 3.27. The van der Waals surface area contributed by atoms with Gasteiger partial charge in [0.1, 0.15) is 11.6 Å². The molecular formula is C24H41N5O5. The largest absolute Gasteiger partial charge is 0.444 e. The number of hydrogen-bond acceptors (Lipinski definition) is 6. The Morgan fingerprint density at radius 2 is 1.82 bits per heavy atom. The Balaban J connectivity index is 2.85. The number of hydrogen-bond donors (Lipinski definition) is 6. The van der Waals surface area contributed by atoms with Gasteiger partial charge in [-0.2, -0.15) is 0 Å². The molecule has 0 aliphatic rings. The number of benzene rings is 1. The van der Waals surface area contributed by atoms with Gasteiger partial charge in [-0.3, -0.25) is 4.79 Å². The number of primary amides is 1. The highest BCUT2D eigenvalue weighted by Gasteiger charge is 2.28. The van der Waals surface area contributed by atoms with E-state index in [1.807, 2.05) is 39.0 Å². The number of aryl methyl sites for hydroxylation is 1. The molecule has 4 amide bonds. The first-order valence-electron chi connectivity index (χ1n) is 11.6. The van der Waals surface area contributed by atoms with Crippen LogP contribution in [0.5, 0.6) is 0 Å². The minimum atomic E-state index is -0.771. The van der Waals surface area contributed by atoms with Crippen LogP contribution in [0.4, 0.5) is 15.3 Å². The number of carbonyl (C=O) groups excluding carboxylic acids is 3. The molecule has 0 bridgehead atoms. The highest BCUT2D eigenvalue weighted by atomic mass is 16.6. The van der Waals surface area contributed by atoms with Crippen LogP contribution < -0.4 is 27.0 Å². The van der Waals surface area contributed by atoms with E-state index in [2.05, 4.69) is 21.3 Å². The van der Waals surface area contributed by atoms with Gasteiger partial charge in [0.2, 0.25) is 5.91 Å². The molecule has 0 unspecified atom stereocenters. The summed E-state index contributed by atoms with van der Waals surface area (Å²) in [6.07, 6.45) is 0.523. The quantitative estimate of drug-likeness (QED) is 0.253. The lowest BCUT2D eigenvalue weighted by atomic mass is 10.0. The Bertz CT molecular complexity index is 822. The van der Waals surface area contributed by atoms with E-state index in [0.29, 0.717) is 25.9 Å². The minimum Gasteiger partial charge on any atom is -0.444 e. The predicted octanol–water partition coefficient (Wildman–Crippen LogP) is 2.38. The second-order valence-electron chi connectivity index (χ2n) is 9.69. The topological polar surface area (TPSA) is 155 Å². The van der Waals surface area contributed by atoms with Crippen molar-refractivity contribution in [2.24, 2.45) is 11.7 Å². The zero-order valence-corrected chi connectivity index (χ0v) is 21.2. The van der Waals surface area contributed by atoms with Crippen LogP contribution in [-0.2, 0) is 16.1 Å². The molecule has 34 heavy (non-hydrogen) atoms. The summed E-state index contributed by atoms with van der Waals surface area (Å²) < 4.78 is 5.30. The maximum atomic E-state index is 13.1. The average Bonchev–Trinajstić information content (AvgIpc) is 2.71. The molecule has 0 saturated carbocycles. The van der Waals surface area contributed by atoms with Crippen LogP contribution >= 0.6 is 0 Å². The lowest BCUT2D eigenvalue weighted by Gasteiger charge is -2.27. The van der Waals surface area contributed by atoms with Gasteiger partial charge in [0.05, 0.1) is 6.61 Å². The number of nitrogens with two attached hydrogens (primary N) is 1. The highest BCUT2D eigenvalue weighted by Crippen LogP contribution is 2.16. The fraction of sp³-hybridized carbons (Fsp3) is 0.625. The van der Waals surface area contributed by atoms with E-state index in [0.717, 1.165) is 16.8 Å². The Labute approximate surface area is 202 Å². The van der Waals surface area contributed by atoms with Crippen molar-refractivity contribution < 1.29 is 24.2 Å². The number of ether oxygens (including phenoxy) is 1. The van der Waals surface area contributed by atoms with E-state index in [1.54, 1.807) is 20.8 Å². The normalized spacial score (nSPS) is 13.1. The number of urea groups is 1. The molecule has 1 aromatic rings. The minimum absolute atomic E-state index is 0.0289. The fourth-order valence-corrected chi connectivity index (χ4v) is 3.27. The van der Waals surface area contributed by atoms with Crippen LogP contribution in [0.3, 0.4) is 0 Å². The van der Waals surface area contributed by atoms with Crippen molar-refractivity contribution in [3.63, 3.8) is 0 Å². The first kappa shape index (κ1) is 29.0. The van der Waals surface area contributed by atoms with Crippen LogP contribution in [-0.4, -0.2) is 53.9 Å². The van der Waals surface area contributed by atoms with Crippen molar-refractivity contribution >= 4 is 23.7 Å². The van der Waals surface area contributed by atoms with Gasteiger partial charge in [-0.05, 0) is 69.7 Å². The maximum Gasteiger partial charge on any atom is 0.408 e. The molecule has 1 aromatic carbocycles. The van der Waals surface area contributed by atoms with Gasteiger partial charge < -0.3 is 36.8 Å². The van der Waals surface area contributed by atoms with Gasteiger partial charge in [0, 0.05) is 24.8 Å². The molecule has 10 nitrogen and oxygen atoms in total. The number of aliphatic hydroxyl groups excluding tert-OH is 1. The summed E-state index contributed by atoms with van der Waals surface area (Å²) in [5.74, 6) is -0.478. The zero-order valence-electron chi connectivity index (χ0n) is 21.2. The summed E-state index contributed by atoms with van der Waals surface area (Å²) in [6, 6.07) is 4.00. The van der Waals surface area contributed by atoms with Gasteiger partial charge in [-0.15, -0.1) is 0 Å². The van der Waals surface area contributed by atoms with Gasteiger partial charge in [0.15, 0.2) is 0 Å². The molecule has 0 radical (unpaired) electrons. The maximum absolute atomic E-state index is 13.1.